The van der Waals surface area contributed by atoms with Gasteiger partial charge in [-0.2, -0.15) is 5.26 Å². The first-order valence-electron chi connectivity index (χ1n) is 5.74. The Hall–Kier alpha value is -1.73. The SMILES string of the molecule is CCOc1ccccc1NCC1(C#N)COC1. The number of nitrogens with one attached hydrogen (secondary N) is 1. The van der Waals surface area contributed by atoms with Crippen LogP contribution in [0.15, 0.2) is 24.3 Å². The lowest BCUT2D eigenvalue weighted by Crippen LogP contribution is -2.46. The van der Waals surface area contributed by atoms with E-state index in [1.54, 1.807) is 0 Å². The van der Waals surface area contributed by atoms with Crippen molar-refractivity contribution in [1.82, 2.24) is 0 Å². The van der Waals surface area contributed by atoms with Gasteiger partial charge in [0.1, 0.15) is 11.2 Å². The Labute approximate surface area is 101 Å². The highest BCUT2D eigenvalue weighted by molar-refractivity contribution is 5.56. The summed E-state index contributed by atoms with van der Waals surface area (Å²) in [6.07, 6.45) is 0. The van der Waals surface area contributed by atoms with Crippen molar-refractivity contribution < 1.29 is 9.47 Å². The normalized spacial score (nSPS) is 16.7. The van der Waals surface area contributed by atoms with Gasteiger partial charge in [-0.05, 0) is 19.1 Å². The van der Waals surface area contributed by atoms with E-state index in [4.69, 9.17) is 14.7 Å². The second-order valence-electron chi connectivity index (χ2n) is 4.17. The summed E-state index contributed by atoms with van der Waals surface area (Å²) in [5.74, 6) is 0.823. The van der Waals surface area contributed by atoms with Crippen LogP contribution in [-0.4, -0.2) is 26.4 Å². The third kappa shape index (κ3) is 2.51. The molecule has 1 saturated heterocycles. The molecule has 17 heavy (non-hydrogen) atoms. The lowest BCUT2D eigenvalue weighted by Gasteiger charge is -2.35. The van der Waals surface area contributed by atoms with Crippen LogP contribution in [0.2, 0.25) is 0 Å². The van der Waals surface area contributed by atoms with Gasteiger partial charge in [-0.1, -0.05) is 12.1 Å². The van der Waals surface area contributed by atoms with Crippen molar-refractivity contribution in [3.63, 3.8) is 0 Å². The molecule has 1 aromatic carbocycles. The van der Waals surface area contributed by atoms with Crippen LogP contribution in [0.3, 0.4) is 0 Å². The molecule has 1 heterocycles. The van der Waals surface area contributed by atoms with Crippen molar-refractivity contribution >= 4 is 5.69 Å². The Bertz CT molecular complexity index is 422. The van der Waals surface area contributed by atoms with E-state index >= 15 is 0 Å². The molecule has 2 rings (SSSR count). The van der Waals surface area contributed by atoms with Gasteiger partial charge in [0.2, 0.25) is 0 Å². The van der Waals surface area contributed by atoms with Crippen LogP contribution in [0.4, 0.5) is 5.69 Å². The first kappa shape index (κ1) is 11.7. The topological polar surface area (TPSA) is 54.3 Å². The van der Waals surface area contributed by atoms with E-state index in [-0.39, 0.29) is 5.41 Å². The molecule has 0 radical (unpaired) electrons. The first-order chi connectivity index (χ1) is 8.29. The monoisotopic (exact) mass is 232 g/mol. The zero-order valence-corrected chi connectivity index (χ0v) is 9.90. The van der Waals surface area contributed by atoms with Crippen molar-refractivity contribution in [1.29, 1.82) is 5.26 Å². The fourth-order valence-corrected chi connectivity index (χ4v) is 1.71. The highest BCUT2D eigenvalue weighted by Crippen LogP contribution is 2.29. The number of rotatable bonds is 5. The third-order valence-corrected chi connectivity index (χ3v) is 2.80. The predicted octanol–water partition coefficient (Wildman–Crippen LogP) is 2.04. The van der Waals surface area contributed by atoms with E-state index in [0.717, 1.165) is 11.4 Å². The number of para-hydroxylation sites is 2. The van der Waals surface area contributed by atoms with Crippen LogP contribution in [0.25, 0.3) is 0 Å². The third-order valence-electron chi connectivity index (χ3n) is 2.80. The molecule has 0 spiro atoms. The zero-order valence-electron chi connectivity index (χ0n) is 9.90. The second-order valence-corrected chi connectivity index (χ2v) is 4.17. The van der Waals surface area contributed by atoms with E-state index in [2.05, 4.69) is 11.4 Å². The average molecular weight is 232 g/mol. The molecule has 0 atom stereocenters. The standard InChI is InChI=1S/C13H16N2O2/c1-2-17-12-6-4-3-5-11(12)15-8-13(7-14)9-16-10-13/h3-6,15H,2,8-10H2,1H3. The Morgan fingerprint density at radius 1 is 1.47 bits per heavy atom. The Morgan fingerprint density at radius 3 is 2.82 bits per heavy atom. The van der Waals surface area contributed by atoms with Crippen LogP contribution < -0.4 is 10.1 Å². The van der Waals surface area contributed by atoms with Gasteiger partial charge in [-0.15, -0.1) is 0 Å². The van der Waals surface area contributed by atoms with Gasteiger partial charge in [-0.25, -0.2) is 0 Å². The van der Waals surface area contributed by atoms with E-state index in [9.17, 15) is 0 Å². The predicted molar refractivity (Wildman–Crippen MR) is 65.0 cm³/mol. The number of nitriles is 1. The number of ether oxygens (including phenoxy) is 2. The van der Waals surface area contributed by atoms with Gasteiger partial charge in [-0.3, -0.25) is 0 Å². The molecule has 0 bridgehead atoms. The maximum atomic E-state index is 9.09. The first-order valence-corrected chi connectivity index (χ1v) is 5.74. The fraction of sp³-hybridized carbons (Fsp3) is 0.462. The Kier molecular flexibility index (Phi) is 3.50. The summed E-state index contributed by atoms with van der Waals surface area (Å²) >= 11 is 0. The van der Waals surface area contributed by atoms with E-state index < -0.39 is 0 Å². The lowest BCUT2D eigenvalue weighted by atomic mass is 9.88. The number of nitrogens with zero attached hydrogens (tertiary/aromatic N) is 1. The molecule has 4 nitrogen and oxygen atoms in total. The van der Waals surface area contributed by atoms with Gasteiger partial charge < -0.3 is 14.8 Å². The zero-order chi connectivity index (χ0) is 12.1. The van der Waals surface area contributed by atoms with Gasteiger partial charge in [0.15, 0.2) is 0 Å². The smallest absolute Gasteiger partial charge is 0.142 e. The minimum Gasteiger partial charge on any atom is -0.492 e. The molecule has 1 aliphatic rings. The summed E-state index contributed by atoms with van der Waals surface area (Å²) in [7, 11) is 0. The second kappa shape index (κ2) is 5.07. The van der Waals surface area contributed by atoms with Gasteiger partial charge in [0.25, 0.3) is 0 Å². The maximum Gasteiger partial charge on any atom is 0.142 e. The summed E-state index contributed by atoms with van der Waals surface area (Å²) in [6.45, 7) is 4.19. The highest BCUT2D eigenvalue weighted by Gasteiger charge is 2.38. The molecule has 1 aliphatic heterocycles. The molecule has 0 saturated carbocycles. The summed E-state index contributed by atoms with van der Waals surface area (Å²) in [4.78, 5) is 0. The van der Waals surface area contributed by atoms with Crippen molar-refractivity contribution in [3.8, 4) is 11.8 Å². The number of benzene rings is 1. The average Bonchev–Trinajstić information content (AvgIpc) is 2.31. The molecule has 0 aliphatic carbocycles. The maximum absolute atomic E-state index is 9.09. The Morgan fingerprint density at radius 2 is 2.24 bits per heavy atom. The summed E-state index contributed by atoms with van der Waals surface area (Å²) < 4.78 is 10.6. The van der Waals surface area contributed by atoms with Crippen molar-refractivity contribution in [2.45, 2.75) is 6.92 Å². The summed E-state index contributed by atoms with van der Waals surface area (Å²) in [5, 5.41) is 12.4. The molecule has 0 unspecified atom stereocenters. The largest absolute Gasteiger partial charge is 0.492 e. The van der Waals surface area contributed by atoms with Crippen LogP contribution in [0.5, 0.6) is 5.75 Å². The van der Waals surface area contributed by atoms with Crippen LogP contribution in [0, 0.1) is 16.7 Å². The van der Waals surface area contributed by atoms with E-state index in [1.807, 2.05) is 31.2 Å². The fourth-order valence-electron chi connectivity index (χ4n) is 1.71. The van der Waals surface area contributed by atoms with Crippen molar-refractivity contribution in [2.24, 2.45) is 5.41 Å². The molecular weight excluding hydrogens is 216 g/mol. The van der Waals surface area contributed by atoms with Crippen LogP contribution in [-0.2, 0) is 4.74 Å². The Balaban J connectivity index is 2.01. The molecule has 1 aromatic rings. The van der Waals surface area contributed by atoms with Crippen LogP contribution in [0.1, 0.15) is 6.92 Å². The summed E-state index contributed by atoms with van der Waals surface area (Å²) in [5.41, 5.74) is 0.551. The minimum atomic E-state index is -0.376. The quantitative estimate of drug-likeness (QED) is 0.844. The van der Waals surface area contributed by atoms with Crippen molar-refractivity contribution in [2.75, 3.05) is 31.7 Å². The van der Waals surface area contributed by atoms with Crippen LogP contribution >= 0.6 is 0 Å². The molecule has 1 N–H and O–H groups in total. The lowest BCUT2D eigenvalue weighted by molar-refractivity contribution is -0.0690. The molecular formula is C13H16N2O2. The number of hydrogen-bond acceptors (Lipinski definition) is 4. The number of hydrogen-bond donors (Lipinski definition) is 1. The van der Waals surface area contributed by atoms with E-state index in [1.165, 1.54) is 0 Å². The van der Waals surface area contributed by atoms with Gasteiger partial charge in [0, 0.05) is 6.54 Å². The van der Waals surface area contributed by atoms with Crippen molar-refractivity contribution in [3.05, 3.63) is 24.3 Å². The van der Waals surface area contributed by atoms with Gasteiger partial charge >= 0.3 is 0 Å². The molecule has 0 amide bonds. The summed E-state index contributed by atoms with van der Waals surface area (Å²) in [6, 6.07) is 10.1. The highest BCUT2D eigenvalue weighted by atomic mass is 16.5. The molecule has 4 heteroatoms. The molecule has 90 valence electrons. The van der Waals surface area contributed by atoms with E-state index in [0.29, 0.717) is 26.4 Å². The molecule has 1 fully saturated rings. The molecule has 0 aromatic heterocycles. The minimum absolute atomic E-state index is 0.376. The van der Waals surface area contributed by atoms with Gasteiger partial charge in [0.05, 0.1) is 31.6 Å². The number of anilines is 1.